The van der Waals surface area contributed by atoms with Crippen LogP contribution in [0.25, 0.3) is 0 Å². The fraction of sp³-hybridized carbons (Fsp3) is 0.625. The molecule has 1 N–H and O–H groups in total. The van der Waals surface area contributed by atoms with Gasteiger partial charge in [-0.3, -0.25) is 4.90 Å². The highest BCUT2D eigenvalue weighted by Gasteiger charge is 2.43. The normalized spacial score (nSPS) is 25.2. The van der Waals surface area contributed by atoms with E-state index in [-0.39, 0.29) is 17.5 Å². The molecule has 1 saturated carbocycles. The Bertz CT molecular complexity index is 557. The van der Waals surface area contributed by atoms with Crippen LogP contribution in [0.3, 0.4) is 0 Å². The second-order valence-corrected chi connectivity index (χ2v) is 6.35. The van der Waals surface area contributed by atoms with E-state index in [1.807, 2.05) is 6.07 Å². The molecule has 6 heteroatoms. The summed E-state index contributed by atoms with van der Waals surface area (Å²) >= 11 is 0. The van der Waals surface area contributed by atoms with Gasteiger partial charge in [0.15, 0.2) is 11.5 Å². The van der Waals surface area contributed by atoms with Crippen molar-refractivity contribution in [3.05, 3.63) is 23.8 Å². The number of piperazine rings is 1. The second kappa shape index (κ2) is 5.35. The molecule has 2 aliphatic heterocycles. The van der Waals surface area contributed by atoms with Crippen LogP contribution in [0.1, 0.15) is 30.9 Å². The Morgan fingerprint density at radius 2 is 1.91 bits per heavy atom. The van der Waals surface area contributed by atoms with Gasteiger partial charge in [0, 0.05) is 32.2 Å². The Morgan fingerprint density at radius 3 is 2.64 bits per heavy atom. The number of alkyl halides is 2. The van der Waals surface area contributed by atoms with Crippen LogP contribution in [0, 0.1) is 5.92 Å². The van der Waals surface area contributed by atoms with Crippen LogP contribution >= 0.6 is 0 Å². The van der Waals surface area contributed by atoms with Crippen LogP contribution in [-0.4, -0.2) is 37.4 Å². The molecule has 1 aromatic rings. The second-order valence-electron chi connectivity index (χ2n) is 6.35. The van der Waals surface area contributed by atoms with Crippen LogP contribution in [0.2, 0.25) is 0 Å². The first-order valence-corrected chi connectivity index (χ1v) is 7.95. The maximum absolute atomic E-state index is 13.2. The fourth-order valence-electron chi connectivity index (χ4n) is 3.33. The highest BCUT2D eigenvalue weighted by atomic mass is 19.3. The summed E-state index contributed by atoms with van der Waals surface area (Å²) in [5, 5.41) is 3.36. The summed E-state index contributed by atoms with van der Waals surface area (Å²) in [5.41, 5.74) is 1.05. The molecule has 0 bridgehead atoms. The molecule has 2 fully saturated rings. The van der Waals surface area contributed by atoms with Crippen molar-refractivity contribution in [1.82, 2.24) is 10.2 Å². The molecule has 1 aliphatic carbocycles. The van der Waals surface area contributed by atoms with Gasteiger partial charge < -0.3 is 14.8 Å². The third kappa shape index (κ3) is 2.90. The van der Waals surface area contributed by atoms with E-state index in [1.165, 1.54) is 12.8 Å². The monoisotopic (exact) mass is 310 g/mol. The standard InChI is InChI=1S/C16H20F2N2O2/c17-16(18)21-14-4-3-12(10-15(14)22-16)13(9-11-1-2-11)20-7-5-19-6-8-20/h3-4,10-11,13,19H,1-2,5-9H2/t13-/m1/s1. The molecule has 0 amide bonds. The Balaban J connectivity index is 1.59. The highest BCUT2D eigenvalue weighted by molar-refractivity contribution is 5.46. The topological polar surface area (TPSA) is 33.7 Å². The number of rotatable bonds is 4. The summed E-state index contributed by atoms with van der Waals surface area (Å²) in [6.07, 6.45) is 0.119. The fourth-order valence-corrected chi connectivity index (χ4v) is 3.33. The van der Waals surface area contributed by atoms with Gasteiger partial charge in [-0.15, -0.1) is 8.78 Å². The van der Waals surface area contributed by atoms with Gasteiger partial charge in [0.25, 0.3) is 0 Å². The van der Waals surface area contributed by atoms with Gasteiger partial charge in [0.05, 0.1) is 0 Å². The van der Waals surface area contributed by atoms with Crippen molar-refractivity contribution >= 4 is 0 Å². The largest absolute Gasteiger partial charge is 0.586 e. The summed E-state index contributed by atoms with van der Waals surface area (Å²) in [4.78, 5) is 2.45. The predicted molar refractivity (Wildman–Crippen MR) is 77.2 cm³/mol. The van der Waals surface area contributed by atoms with E-state index in [2.05, 4.69) is 19.7 Å². The first-order valence-electron chi connectivity index (χ1n) is 7.95. The molecular formula is C16H20F2N2O2. The van der Waals surface area contributed by atoms with E-state index in [9.17, 15) is 8.78 Å². The summed E-state index contributed by atoms with van der Waals surface area (Å²) in [7, 11) is 0. The summed E-state index contributed by atoms with van der Waals surface area (Å²) in [6.45, 7) is 3.93. The van der Waals surface area contributed by atoms with Gasteiger partial charge >= 0.3 is 6.29 Å². The van der Waals surface area contributed by atoms with Gasteiger partial charge in [-0.05, 0) is 30.0 Å². The van der Waals surface area contributed by atoms with Gasteiger partial charge in [-0.2, -0.15) is 0 Å². The van der Waals surface area contributed by atoms with Crippen LogP contribution in [0.5, 0.6) is 11.5 Å². The number of ether oxygens (including phenoxy) is 2. The summed E-state index contributed by atoms with van der Waals surface area (Å²) in [5.74, 6) is 1.05. The molecule has 1 aromatic carbocycles. The lowest BCUT2D eigenvalue weighted by Gasteiger charge is -2.35. The SMILES string of the molecule is FC1(F)Oc2ccc([C@@H](CC3CC3)N3CCNCC3)cc2O1. The molecule has 3 aliphatic rings. The van der Waals surface area contributed by atoms with E-state index < -0.39 is 6.29 Å². The number of fused-ring (bicyclic) bond motifs is 1. The van der Waals surface area contributed by atoms with Crippen molar-refractivity contribution in [2.24, 2.45) is 5.92 Å². The summed E-state index contributed by atoms with van der Waals surface area (Å²) in [6, 6.07) is 5.51. The first kappa shape index (κ1) is 14.2. The predicted octanol–water partition coefficient (Wildman–Crippen LogP) is 2.75. The van der Waals surface area contributed by atoms with Crippen molar-refractivity contribution in [2.45, 2.75) is 31.6 Å². The average Bonchev–Trinajstić information content (AvgIpc) is 3.26. The van der Waals surface area contributed by atoms with Crippen LogP contribution in [-0.2, 0) is 0 Å². The smallest absolute Gasteiger partial charge is 0.395 e. The van der Waals surface area contributed by atoms with Crippen molar-refractivity contribution in [2.75, 3.05) is 26.2 Å². The van der Waals surface area contributed by atoms with Gasteiger partial charge in [0.1, 0.15) is 0 Å². The molecule has 120 valence electrons. The number of benzene rings is 1. The number of nitrogens with zero attached hydrogens (tertiary/aromatic N) is 1. The minimum absolute atomic E-state index is 0.124. The van der Waals surface area contributed by atoms with E-state index >= 15 is 0 Å². The molecule has 4 rings (SSSR count). The zero-order valence-electron chi connectivity index (χ0n) is 12.4. The molecule has 0 unspecified atom stereocenters. The van der Waals surface area contributed by atoms with Crippen molar-refractivity contribution in [3.63, 3.8) is 0 Å². The van der Waals surface area contributed by atoms with Gasteiger partial charge in [-0.1, -0.05) is 18.9 Å². The lowest BCUT2D eigenvalue weighted by Crippen LogP contribution is -2.45. The maximum atomic E-state index is 13.2. The molecule has 0 spiro atoms. The lowest BCUT2D eigenvalue weighted by molar-refractivity contribution is -0.286. The maximum Gasteiger partial charge on any atom is 0.586 e. The molecule has 1 atom stereocenters. The van der Waals surface area contributed by atoms with Crippen molar-refractivity contribution in [3.8, 4) is 11.5 Å². The minimum Gasteiger partial charge on any atom is -0.395 e. The number of nitrogens with one attached hydrogen (secondary N) is 1. The summed E-state index contributed by atoms with van der Waals surface area (Å²) < 4.78 is 35.5. The molecule has 4 nitrogen and oxygen atoms in total. The van der Waals surface area contributed by atoms with Crippen LogP contribution in [0.4, 0.5) is 8.78 Å². The number of hydrogen-bond acceptors (Lipinski definition) is 4. The van der Waals surface area contributed by atoms with Crippen molar-refractivity contribution < 1.29 is 18.3 Å². The quantitative estimate of drug-likeness (QED) is 0.927. The van der Waals surface area contributed by atoms with E-state index in [1.54, 1.807) is 12.1 Å². The van der Waals surface area contributed by atoms with Crippen LogP contribution in [0.15, 0.2) is 18.2 Å². The number of hydrogen-bond donors (Lipinski definition) is 1. The lowest BCUT2D eigenvalue weighted by atomic mass is 9.98. The Labute approximate surface area is 128 Å². The van der Waals surface area contributed by atoms with E-state index in [4.69, 9.17) is 0 Å². The Hall–Kier alpha value is -1.40. The molecular weight excluding hydrogens is 290 g/mol. The van der Waals surface area contributed by atoms with Crippen LogP contribution < -0.4 is 14.8 Å². The molecule has 0 aromatic heterocycles. The first-order chi connectivity index (χ1) is 10.6. The Kier molecular flexibility index (Phi) is 3.46. The van der Waals surface area contributed by atoms with E-state index in [0.29, 0.717) is 0 Å². The zero-order chi connectivity index (χ0) is 15.2. The van der Waals surface area contributed by atoms with Gasteiger partial charge in [0.2, 0.25) is 0 Å². The van der Waals surface area contributed by atoms with Crippen molar-refractivity contribution in [1.29, 1.82) is 0 Å². The third-order valence-electron chi connectivity index (χ3n) is 4.66. The minimum atomic E-state index is -3.54. The van der Waals surface area contributed by atoms with Gasteiger partial charge in [-0.25, -0.2) is 0 Å². The highest BCUT2D eigenvalue weighted by Crippen LogP contribution is 2.45. The molecule has 1 saturated heterocycles. The molecule has 2 heterocycles. The van der Waals surface area contributed by atoms with E-state index in [0.717, 1.165) is 44.1 Å². The Morgan fingerprint density at radius 1 is 1.18 bits per heavy atom. The third-order valence-corrected chi connectivity index (χ3v) is 4.66. The average molecular weight is 310 g/mol. The number of halogens is 2. The molecule has 22 heavy (non-hydrogen) atoms. The molecule has 0 radical (unpaired) electrons. The zero-order valence-corrected chi connectivity index (χ0v) is 12.4.